The number of nitrogens with one attached hydrogen (secondary N) is 1. The molecule has 0 bridgehead atoms. The molecule has 33 heavy (non-hydrogen) atoms. The van der Waals surface area contributed by atoms with Crippen molar-refractivity contribution in [2.45, 2.75) is 18.5 Å². The first-order valence-corrected chi connectivity index (χ1v) is 10.9. The first kappa shape index (κ1) is 21.2. The average Bonchev–Trinajstić information content (AvgIpc) is 3.29. The molecule has 5 rings (SSSR count). The number of anilines is 1. The minimum atomic E-state index is -0.392. The molecule has 0 aromatic heterocycles. The maximum atomic E-state index is 13.9. The molecule has 3 atom stereocenters. The number of carbonyl (C=O) groups is 1. The molecule has 2 aliphatic heterocycles. The van der Waals surface area contributed by atoms with Gasteiger partial charge in [0.15, 0.2) is 0 Å². The first-order chi connectivity index (χ1) is 16.0. The van der Waals surface area contributed by atoms with E-state index in [0.717, 1.165) is 17.7 Å². The highest BCUT2D eigenvalue weighted by Crippen LogP contribution is 2.47. The monoisotopic (exact) mass is 444 g/mol. The van der Waals surface area contributed by atoms with Crippen LogP contribution < -0.4 is 5.32 Å². The third-order valence-electron chi connectivity index (χ3n) is 6.44. The predicted molar refractivity (Wildman–Crippen MR) is 122 cm³/mol. The maximum Gasteiger partial charge on any atom is 0.254 e. The van der Waals surface area contributed by atoms with Crippen LogP contribution in [0.15, 0.2) is 66.7 Å². The highest BCUT2D eigenvalue weighted by molar-refractivity contribution is 5.95. The molecule has 1 amide bonds. The average molecular weight is 444 g/mol. The lowest BCUT2D eigenvalue weighted by Gasteiger charge is -2.39. The van der Waals surface area contributed by atoms with E-state index < -0.39 is 5.82 Å². The van der Waals surface area contributed by atoms with E-state index in [1.165, 1.54) is 30.3 Å². The van der Waals surface area contributed by atoms with Gasteiger partial charge in [0.25, 0.3) is 5.91 Å². The standard InChI is InChI=1S/C27H22F2N2O2/c28-20-10-8-19(9-11-20)27(33)31-14-13-21-25(16-32)30-24-12-6-17(15-22(24)26(21)31)5-7-18-3-1-2-4-23(18)29/h1-4,6,8-12,15,21,25-26,30,32H,13-14,16H2/t21-,25+,26-/m0/s1. The quantitative estimate of drug-likeness (QED) is 0.578. The van der Waals surface area contributed by atoms with Crippen LogP contribution in [0.3, 0.4) is 0 Å². The van der Waals surface area contributed by atoms with Crippen molar-refractivity contribution in [1.82, 2.24) is 4.90 Å². The summed E-state index contributed by atoms with van der Waals surface area (Å²) in [5, 5.41) is 13.4. The van der Waals surface area contributed by atoms with Gasteiger partial charge >= 0.3 is 0 Å². The van der Waals surface area contributed by atoms with Crippen molar-refractivity contribution in [1.29, 1.82) is 0 Å². The molecule has 0 radical (unpaired) electrons. The lowest BCUT2D eigenvalue weighted by molar-refractivity contribution is 0.0701. The van der Waals surface area contributed by atoms with Gasteiger partial charge in [0.1, 0.15) is 11.6 Å². The fourth-order valence-electron chi connectivity index (χ4n) is 4.83. The van der Waals surface area contributed by atoms with Gasteiger partial charge in [0.2, 0.25) is 0 Å². The molecule has 3 aromatic rings. The molecular formula is C27H22F2N2O2. The molecule has 166 valence electrons. The number of hydrogen-bond acceptors (Lipinski definition) is 3. The van der Waals surface area contributed by atoms with Gasteiger partial charge in [-0.2, -0.15) is 0 Å². The maximum absolute atomic E-state index is 13.9. The minimum absolute atomic E-state index is 0.0293. The lowest BCUT2D eigenvalue weighted by atomic mass is 9.82. The number of aliphatic hydroxyl groups excluding tert-OH is 1. The van der Waals surface area contributed by atoms with Crippen LogP contribution in [0.1, 0.15) is 39.5 Å². The summed E-state index contributed by atoms with van der Waals surface area (Å²) in [4.78, 5) is 15.1. The zero-order valence-electron chi connectivity index (χ0n) is 17.8. The van der Waals surface area contributed by atoms with Crippen molar-refractivity contribution in [3.8, 4) is 11.8 Å². The molecule has 4 nitrogen and oxygen atoms in total. The number of rotatable bonds is 2. The predicted octanol–water partition coefficient (Wildman–Crippen LogP) is 4.35. The van der Waals surface area contributed by atoms with E-state index in [2.05, 4.69) is 17.2 Å². The summed E-state index contributed by atoms with van der Waals surface area (Å²) >= 11 is 0. The molecule has 0 saturated carbocycles. The zero-order chi connectivity index (χ0) is 22.9. The van der Waals surface area contributed by atoms with Crippen LogP contribution in [0.4, 0.5) is 14.5 Å². The number of aliphatic hydroxyl groups is 1. The summed E-state index contributed by atoms with van der Waals surface area (Å²) < 4.78 is 27.3. The summed E-state index contributed by atoms with van der Waals surface area (Å²) in [6.45, 7) is 0.488. The van der Waals surface area contributed by atoms with Crippen molar-refractivity contribution in [2.24, 2.45) is 5.92 Å². The Balaban J connectivity index is 1.52. The number of likely N-dealkylation sites (tertiary alicyclic amines) is 1. The van der Waals surface area contributed by atoms with Gasteiger partial charge < -0.3 is 15.3 Å². The second kappa shape index (κ2) is 8.68. The van der Waals surface area contributed by atoms with Gasteiger partial charge in [-0.1, -0.05) is 24.0 Å². The third-order valence-corrected chi connectivity index (χ3v) is 6.44. The summed E-state index contributed by atoms with van der Waals surface area (Å²) in [6.07, 6.45) is 0.737. The van der Waals surface area contributed by atoms with Crippen LogP contribution in [0, 0.1) is 29.4 Å². The third kappa shape index (κ3) is 3.96. The van der Waals surface area contributed by atoms with Crippen LogP contribution in [-0.2, 0) is 0 Å². The van der Waals surface area contributed by atoms with Gasteiger partial charge in [-0.25, -0.2) is 8.78 Å². The second-order valence-electron chi connectivity index (χ2n) is 8.37. The van der Waals surface area contributed by atoms with Crippen molar-refractivity contribution in [3.05, 3.63) is 101 Å². The smallest absolute Gasteiger partial charge is 0.254 e. The highest BCUT2D eigenvalue weighted by atomic mass is 19.1. The van der Waals surface area contributed by atoms with Gasteiger partial charge in [0, 0.05) is 29.3 Å². The molecule has 2 N–H and O–H groups in total. The molecule has 1 fully saturated rings. The Hall–Kier alpha value is -3.69. The van der Waals surface area contributed by atoms with E-state index >= 15 is 0 Å². The molecule has 6 heteroatoms. The van der Waals surface area contributed by atoms with E-state index in [1.807, 2.05) is 18.2 Å². The largest absolute Gasteiger partial charge is 0.394 e. The molecule has 0 aliphatic carbocycles. The number of benzene rings is 3. The number of halogens is 2. The van der Waals surface area contributed by atoms with E-state index in [0.29, 0.717) is 23.2 Å². The fourth-order valence-corrected chi connectivity index (χ4v) is 4.83. The lowest BCUT2D eigenvalue weighted by Crippen LogP contribution is -2.42. The van der Waals surface area contributed by atoms with Crippen molar-refractivity contribution in [2.75, 3.05) is 18.5 Å². The van der Waals surface area contributed by atoms with Gasteiger partial charge in [0.05, 0.1) is 24.3 Å². The van der Waals surface area contributed by atoms with E-state index in [9.17, 15) is 18.7 Å². The summed E-state index contributed by atoms with van der Waals surface area (Å²) in [5.41, 5.74) is 3.21. The van der Waals surface area contributed by atoms with Crippen LogP contribution in [0.25, 0.3) is 0 Å². The Labute approximate surface area is 190 Å². The number of hydrogen-bond donors (Lipinski definition) is 2. The number of nitrogens with zero attached hydrogens (tertiary/aromatic N) is 1. The van der Waals surface area contributed by atoms with E-state index in [-0.39, 0.29) is 36.3 Å². The molecule has 0 spiro atoms. The van der Waals surface area contributed by atoms with Gasteiger partial charge in [-0.15, -0.1) is 0 Å². The van der Waals surface area contributed by atoms with Crippen LogP contribution in [-0.4, -0.2) is 35.1 Å². The van der Waals surface area contributed by atoms with Crippen molar-refractivity contribution in [3.63, 3.8) is 0 Å². The number of amides is 1. The Kier molecular flexibility index (Phi) is 5.57. The molecule has 3 aromatic carbocycles. The Bertz CT molecular complexity index is 1260. The molecule has 2 aliphatic rings. The number of carbonyl (C=O) groups excluding carboxylic acids is 1. The van der Waals surface area contributed by atoms with Crippen molar-refractivity contribution >= 4 is 11.6 Å². The second-order valence-corrected chi connectivity index (χ2v) is 8.37. The molecule has 0 unspecified atom stereocenters. The van der Waals surface area contributed by atoms with Gasteiger partial charge in [-0.05, 0) is 66.6 Å². The molecule has 1 saturated heterocycles. The zero-order valence-corrected chi connectivity index (χ0v) is 17.8. The van der Waals surface area contributed by atoms with Crippen LogP contribution in [0.5, 0.6) is 0 Å². The summed E-state index contributed by atoms with van der Waals surface area (Å²) in [7, 11) is 0. The fraction of sp³-hybridized carbons (Fsp3) is 0.222. The summed E-state index contributed by atoms with van der Waals surface area (Å²) in [5.74, 6) is 5.00. The van der Waals surface area contributed by atoms with Crippen LogP contribution >= 0.6 is 0 Å². The van der Waals surface area contributed by atoms with E-state index in [4.69, 9.17) is 0 Å². The Morgan fingerprint density at radius 2 is 1.85 bits per heavy atom. The minimum Gasteiger partial charge on any atom is -0.394 e. The normalized spacial score (nSPS) is 20.8. The van der Waals surface area contributed by atoms with Gasteiger partial charge in [-0.3, -0.25) is 4.79 Å². The van der Waals surface area contributed by atoms with Crippen LogP contribution in [0.2, 0.25) is 0 Å². The SMILES string of the molecule is O=C(c1ccc(F)cc1)N1CC[C@@H]2[C@H]1c1cc(C#Cc3ccccc3F)ccc1N[C@@H]2CO. The van der Waals surface area contributed by atoms with E-state index in [1.54, 1.807) is 23.1 Å². The number of fused-ring (bicyclic) bond motifs is 3. The Morgan fingerprint density at radius 3 is 2.61 bits per heavy atom. The highest BCUT2D eigenvalue weighted by Gasteiger charge is 2.45. The Morgan fingerprint density at radius 1 is 1.06 bits per heavy atom. The molecule has 2 heterocycles. The first-order valence-electron chi connectivity index (χ1n) is 10.9. The molecular weight excluding hydrogens is 422 g/mol. The van der Waals surface area contributed by atoms with Crippen molar-refractivity contribution < 1.29 is 18.7 Å². The topological polar surface area (TPSA) is 52.6 Å². The summed E-state index contributed by atoms with van der Waals surface area (Å²) in [6, 6.07) is 17.1.